The standard InChI is InChI=1S/C15H22N2S2/c1-12(2)17(3)7-6-16-10-14-9-13(11-19-14)15-5-4-8-18-15/h4-5,8-9,11-12,16H,6-7,10H2,1-3H3. The summed E-state index contributed by atoms with van der Waals surface area (Å²) < 4.78 is 0. The van der Waals surface area contributed by atoms with Crippen molar-refractivity contribution in [1.29, 1.82) is 0 Å². The van der Waals surface area contributed by atoms with Gasteiger partial charge in [0.25, 0.3) is 0 Å². The minimum atomic E-state index is 0.619. The molecule has 2 rings (SSSR count). The summed E-state index contributed by atoms with van der Waals surface area (Å²) in [6.07, 6.45) is 0. The van der Waals surface area contributed by atoms with Crippen molar-refractivity contribution in [3.8, 4) is 10.4 Å². The van der Waals surface area contributed by atoms with Gasteiger partial charge in [-0.3, -0.25) is 0 Å². The van der Waals surface area contributed by atoms with E-state index in [2.05, 4.69) is 60.1 Å². The third-order valence-electron chi connectivity index (χ3n) is 3.28. The van der Waals surface area contributed by atoms with Crippen molar-refractivity contribution >= 4 is 22.7 Å². The number of hydrogen-bond acceptors (Lipinski definition) is 4. The Morgan fingerprint density at radius 2 is 2.16 bits per heavy atom. The summed E-state index contributed by atoms with van der Waals surface area (Å²) in [6.45, 7) is 7.57. The molecule has 19 heavy (non-hydrogen) atoms. The van der Waals surface area contributed by atoms with Crippen LogP contribution in [0.3, 0.4) is 0 Å². The summed E-state index contributed by atoms with van der Waals surface area (Å²) in [4.78, 5) is 5.14. The molecule has 0 saturated carbocycles. The van der Waals surface area contributed by atoms with Gasteiger partial charge in [-0.2, -0.15) is 0 Å². The van der Waals surface area contributed by atoms with Crippen LogP contribution in [-0.2, 0) is 6.54 Å². The molecule has 0 bridgehead atoms. The fourth-order valence-electron chi connectivity index (χ4n) is 1.77. The maximum absolute atomic E-state index is 3.52. The first-order chi connectivity index (χ1) is 9.16. The first kappa shape index (κ1) is 14.7. The third kappa shape index (κ3) is 4.42. The Labute approximate surface area is 124 Å². The van der Waals surface area contributed by atoms with Gasteiger partial charge in [0.15, 0.2) is 0 Å². The Hall–Kier alpha value is -0.680. The van der Waals surface area contributed by atoms with Gasteiger partial charge in [-0.1, -0.05) is 6.07 Å². The zero-order valence-corrected chi connectivity index (χ0v) is 13.5. The second-order valence-corrected chi connectivity index (χ2v) is 6.97. The van der Waals surface area contributed by atoms with Crippen LogP contribution < -0.4 is 5.32 Å². The molecule has 0 unspecified atom stereocenters. The lowest BCUT2D eigenvalue weighted by Crippen LogP contribution is -2.33. The second-order valence-electron chi connectivity index (χ2n) is 5.03. The maximum Gasteiger partial charge on any atom is 0.0351 e. The van der Waals surface area contributed by atoms with Crippen molar-refractivity contribution in [3.05, 3.63) is 33.8 Å². The monoisotopic (exact) mass is 294 g/mol. The molecule has 0 aliphatic heterocycles. The Balaban J connectivity index is 1.75. The van der Waals surface area contributed by atoms with Crippen molar-refractivity contribution in [2.45, 2.75) is 26.4 Å². The van der Waals surface area contributed by atoms with Gasteiger partial charge in [0.1, 0.15) is 0 Å². The van der Waals surface area contributed by atoms with E-state index in [9.17, 15) is 0 Å². The lowest BCUT2D eigenvalue weighted by atomic mass is 10.2. The molecular formula is C15H22N2S2. The van der Waals surface area contributed by atoms with Crippen LogP contribution in [0.25, 0.3) is 10.4 Å². The molecule has 4 heteroatoms. The quantitative estimate of drug-likeness (QED) is 0.779. The molecule has 2 heterocycles. The summed E-state index contributed by atoms with van der Waals surface area (Å²) in [6, 6.07) is 7.21. The smallest absolute Gasteiger partial charge is 0.0351 e. The Bertz CT molecular complexity index is 474. The number of nitrogens with one attached hydrogen (secondary N) is 1. The van der Waals surface area contributed by atoms with Crippen LogP contribution >= 0.6 is 22.7 Å². The average molecular weight is 294 g/mol. The van der Waals surface area contributed by atoms with E-state index in [1.807, 2.05) is 11.3 Å². The van der Waals surface area contributed by atoms with Gasteiger partial charge in [-0.25, -0.2) is 0 Å². The Kier molecular flexibility index (Phi) is 5.58. The van der Waals surface area contributed by atoms with E-state index in [-0.39, 0.29) is 0 Å². The van der Waals surface area contributed by atoms with Crippen LogP contribution in [0.4, 0.5) is 0 Å². The lowest BCUT2D eigenvalue weighted by Gasteiger charge is -2.20. The van der Waals surface area contributed by atoms with Crippen LogP contribution in [0.2, 0.25) is 0 Å². The fourth-order valence-corrected chi connectivity index (χ4v) is 3.41. The van der Waals surface area contributed by atoms with E-state index in [1.54, 1.807) is 11.3 Å². The summed E-state index contributed by atoms with van der Waals surface area (Å²) >= 11 is 3.65. The van der Waals surface area contributed by atoms with Gasteiger partial charge >= 0.3 is 0 Å². The van der Waals surface area contributed by atoms with Gasteiger partial charge in [-0.05, 0) is 43.8 Å². The molecule has 0 aliphatic carbocycles. The van der Waals surface area contributed by atoms with Gasteiger partial charge in [0.2, 0.25) is 0 Å². The molecule has 0 saturated heterocycles. The fraction of sp³-hybridized carbons (Fsp3) is 0.467. The van der Waals surface area contributed by atoms with Gasteiger partial charge in [0, 0.05) is 41.0 Å². The number of hydrogen-bond donors (Lipinski definition) is 1. The van der Waals surface area contributed by atoms with Crippen molar-refractivity contribution < 1.29 is 0 Å². The van der Waals surface area contributed by atoms with Crippen molar-refractivity contribution in [1.82, 2.24) is 10.2 Å². The molecule has 1 N–H and O–H groups in total. The molecule has 2 nitrogen and oxygen atoms in total. The van der Waals surface area contributed by atoms with Crippen LogP contribution in [0, 0.1) is 0 Å². The predicted molar refractivity (Wildman–Crippen MR) is 87.1 cm³/mol. The number of thiophene rings is 2. The van der Waals surface area contributed by atoms with Crippen LogP contribution in [0.1, 0.15) is 18.7 Å². The first-order valence-electron chi connectivity index (χ1n) is 6.69. The molecule has 0 fully saturated rings. The van der Waals surface area contributed by atoms with Crippen molar-refractivity contribution in [2.75, 3.05) is 20.1 Å². The van der Waals surface area contributed by atoms with E-state index in [0.29, 0.717) is 6.04 Å². The van der Waals surface area contributed by atoms with Crippen LogP contribution in [0.5, 0.6) is 0 Å². The molecule has 0 spiro atoms. The highest BCUT2D eigenvalue weighted by Crippen LogP contribution is 2.29. The number of nitrogens with zero attached hydrogens (tertiary/aromatic N) is 1. The minimum absolute atomic E-state index is 0.619. The molecule has 0 aromatic carbocycles. The molecule has 104 valence electrons. The summed E-state index contributed by atoms with van der Waals surface area (Å²) in [5.74, 6) is 0. The molecule has 2 aromatic heterocycles. The summed E-state index contributed by atoms with van der Waals surface area (Å²) in [7, 11) is 2.17. The summed E-state index contributed by atoms with van der Waals surface area (Å²) in [5, 5.41) is 7.90. The van der Waals surface area contributed by atoms with Crippen molar-refractivity contribution in [3.63, 3.8) is 0 Å². The van der Waals surface area contributed by atoms with E-state index in [0.717, 1.165) is 19.6 Å². The molecule has 0 amide bonds. The molecular weight excluding hydrogens is 272 g/mol. The number of rotatable bonds is 7. The van der Waals surface area contributed by atoms with Gasteiger partial charge < -0.3 is 10.2 Å². The van der Waals surface area contributed by atoms with E-state index >= 15 is 0 Å². The highest BCUT2D eigenvalue weighted by Gasteiger charge is 2.04. The normalized spacial score (nSPS) is 11.6. The van der Waals surface area contributed by atoms with E-state index < -0.39 is 0 Å². The lowest BCUT2D eigenvalue weighted by molar-refractivity contribution is 0.273. The summed E-state index contributed by atoms with van der Waals surface area (Å²) in [5.41, 5.74) is 1.36. The topological polar surface area (TPSA) is 15.3 Å². The van der Waals surface area contributed by atoms with Gasteiger partial charge in [-0.15, -0.1) is 22.7 Å². The Morgan fingerprint density at radius 3 is 2.84 bits per heavy atom. The number of likely N-dealkylation sites (N-methyl/N-ethyl adjacent to an activating group) is 1. The average Bonchev–Trinajstić information content (AvgIpc) is 3.04. The highest BCUT2D eigenvalue weighted by atomic mass is 32.1. The largest absolute Gasteiger partial charge is 0.311 e. The first-order valence-corrected chi connectivity index (χ1v) is 8.45. The van der Waals surface area contributed by atoms with Crippen molar-refractivity contribution in [2.24, 2.45) is 0 Å². The van der Waals surface area contributed by atoms with E-state index in [1.165, 1.54) is 15.3 Å². The second kappa shape index (κ2) is 7.20. The Morgan fingerprint density at radius 1 is 1.32 bits per heavy atom. The molecule has 0 radical (unpaired) electrons. The van der Waals surface area contributed by atoms with E-state index in [4.69, 9.17) is 0 Å². The molecule has 0 atom stereocenters. The molecule has 0 aliphatic rings. The van der Waals surface area contributed by atoms with Crippen LogP contribution in [-0.4, -0.2) is 31.1 Å². The highest BCUT2D eigenvalue weighted by molar-refractivity contribution is 7.14. The third-order valence-corrected chi connectivity index (χ3v) is 5.14. The maximum atomic E-state index is 3.52. The van der Waals surface area contributed by atoms with Gasteiger partial charge in [0.05, 0.1) is 0 Å². The molecule has 2 aromatic rings. The zero-order valence-electron chi connectivity index (χ0n) is 11.8. The predicted octanol–water partition coefficient (Wildman–Crippen LogP) is 3.91. The minimum Gasteiger partial charge on any atom is -0.311 e. The zero-order chi connectivity index (χ0) is 13.7. The SMILES string of the molecule is CC(C)N(C)CCNCc1cc(-c2cccs2)cs1. The van der Waals surface area contributed by atoms with Crippen LogP contribution in [0.15, 0.2) is 29.0 Å².